The summed E-state index contributed by atoms with van der Waals surface area (Å²) in [6.45, 7) is 0.625. The van der Waals surface area contributed by atoms with Crippen molar-refractivity contribution in [3.8, 4) is 0 Å². The van der Waals surface area contributed by atoms with Gasteiger partial charge < -0.3 is 16.4 Å². The number of rotatable bonds is 4. The summed E-state index contributed by atoms with van der Waals surface area (Å²) in [6.07, 6.45) is 0.469. The minimum atomic E-state index is 0.0351. The Balaban J connectivity index is 2.47. The Bertz CT molecular complexity index is 355. The molecule has 4 N–H and O–H groups in total. The molecule has 82 valence electrons. The maximum absolute atomic E-state index is 11.0. The molecule has 1 amide bonds. The van der Waals surface area contributed by atoms with E-state index < -0.39 is 0 Å². The second-order valence-corrected chi connectivity index (χ2v) is 4.25. The lowest BCUT2D eigenvalue weighted by Crippen LogP contribution is -2.20. The van der Waals surface area contributed by atoms with Gasteiger partial charge in [0.2, 0.25) is 5.91 Å². The lowest BCUT2D eigenvalue weighted by molar-refractivity contribution is -0.120. The van der Waals surface area contributed by atoms with Gasteiger partial charge in [0.1, 0.15) is 0 Å². The minimum absolute atomic E-state index is 0.0351. The zero-order valence-corrected chi connectivity index (χ0v) is 10.7. The lowest BCUT2D eigenvalue weighted by atomic mass is 10.3. The molecule has 0 radical (unpaired) electrons. The second-order valence-electron chi connectivity index (χ2n) is 3.09. The van der Waals surface area contributed by atoms with Gasteiger partial charge >= 0.3 is 0 Å². The van der Waals surface area contributed by atoms with E-state index >= 15 is 0 Å². The summed E-state index contributed by atoms with van der Waals surface area (Å²) in [4.78, 5) is 11.0. The van der Waals surface area contributed by atoms with Crippen LogP contribution in [-0.4, -0.2) is 19.5 Å². The standard InChI is InChI=1S/C10H14IN3O/c1-13-10(15)4-5-14-9-3-2-7(12)6-8(9)11/h2-3,6,14H,4-5,12H2,1H3,(H,13,15). The minimum Gasteiger partial charge on any atom is -0.399 e. The van der Waals surface area contributed by atoms with E-state index in [4.69, 9.17) is 5.73 Å². The first-order valence-electron chi connectivity index (χ1n) is 4.63. The van der Waals surface area contributed by atoms with Crippen LogP contribution < -0.4 is 16.4 Å². The second kappa shape index (κ2) is 5.79. The SMILES string of the molecule is CNC(=O)CCNc1ccc(N)cc1I. The van der Waals surface area contributed by atoms with E-state index in [1.54, 1.807) is 7.05 Å². The first-order chi connectivity index (χ1) is 7.13. The highest BCUT2D eigenvalue weighted by molar-refractivity contribution is 14.1. The van der Waals surface area contributed by atoms with Gasteiger partial charge in [-0.2, -0.15) is 0 Å². The molecule has 5 heteroatoms. The largest absolute Gasteiger partial charge is 0.399 e. The van der Waals surface area contributed by atoms with Crippen LogP contribution in [0.15, 0.2) is 18.2 Å². The summed E-state index contributed by atoms with van der Waals surface area (Å²) in [5.41, 5.74) is 7.38. The van der Waals surface area contributed by atoms with E-state index in [9.17, 15) is 4.79 Å². The molecule has 0 aromatic heterocycles. The van der Waals surface area contributed by atoms with Crippen LogP contribution in [0.4, 0.5) is 11.4 Å². The van der Waals surface area contributed by atoms with Crippen molar-refractivity contribution in [3.63, 3.8) is 0 Å². The summed E-state index contributed by atoms with van der Waals surface area (Å²) >= 11 is 2.21. The van der Waals surface area contributed by atoms with Crippen LogP contribution >= 0.6 is 22.6 Å². The van der Waals surface area contributed by atoms with Gasteiger partial charge in [-0.1, -0.05) is 0 Å². The maximum Gasteiger partial charge on any atom is 0.221 e. The predicted molar refractivity (Wildman–Crippen MR) is 70.7 cm³/mol. The molecule has 1 aromatic carbocycles. The van der Waals surface area contributed by atoms with Gasteiger partial charge in [-0.15, -0.1) is 0 Å². The van der Waals surface area contributed by atoms with Crippen molar-refractivity contribution < 1.29 is 4.79 Å². The van der Waals surface area contributed by atoms with E-state index in [1.807, 2.05) is 18.2 Å². The summed E-state index contributed by atoms with van der Waals surface area (Å²) in [6, 6.07) is 5.65. The van der Waals surface area contributed by atoms with Gasteiger partial charge in [0, 0.05) is 35.0 Å². The van der Waals surface area contributed by atoms with Crippen LogP contribution in [-0.2, 0) is 4.79 Å². The number of benzene rings is 1. The van der Waals surface area contributed by atoms with Gasteiger partial charge in [-0.25, -0.2) is 0 Å². The van der Waals surface area contributed by atoms with Crippen molar-refractivity contribution in [2.24, 2.45) is 0 Å². The number of nitrogens with one attached hydrogen (secondary N) is 2. The molecule has 0 aliphatic heterocycles. The Hall–Kier alpha value is -0.980. The third-order valence-electron chi connectivity index (χ3n) is 1.94. The normalized spacial score (nSPS) is 9.73. The number of carbonyl (C=O) groups excluding carboxylic acids is 1. The molecule has 0 fully saturated rings. The smallest absolute Gasteiger partial charge is 0.221 e. The van der Waals surface area contributed by atoms with E-state index in [1.165, 1.54) is 0 Å². The molecule has 0 unspecified atom stereocenters. The van der Waals surface area contributed by atoms with Crippen LogP contribution in [0.1, 0.15) is 6.42 Å². The first-order valence-corrected chi connectivity index (χ1v) is 5.71. The van der Waals surface area contributed by atoms with Gasteiger partial charge in [0.15, 0.2) is 0 Å². The highest BCUT2D eigenvalue weighted by Crippen LogP contribution is 2.20. The molecule has 4 nitrogen and oxygen atoms in total. The highest BCUT2D eigenvalue weighted by Gasteiger charge is 2.01. The molecule has 1 rings (SSSR count). The van der Waals surface area contributed by atoms with Crippen molar-refractivity contribution >= 4 is 39.9 Å². The van der Waals surface area contributed by atoms with Crippen molar-refractivity contribution in [2.75, 3.05) is 24.6 Å². The molecule has 1 aromatic rings. The Kier molecular flexibility index (Phi) is 4.67. The summed E-state index contributed by atoms with van der Waals surface area (Å²) in [5, 5.41) is 5.76. The maximum atomic E-state index is 11.0. The molecule has 0 aliphatic rings. The van der Waals surface area contributed by atoms with Crippen molar-refractivity contribution in [2.45, 2.75) is 6.42 Å². The van der Waals surface area contributed by atoms with Crippen molar-refractivity contribution in [3.05, 3.63) is 21.8 Å². The molecule has 0 aliphatic carbocycles. The van der Waals surface area contributed by atoms with E-state index in [0.717, 1.165) is 14.9 Å². The van der Waals surface area contributed by atoms with Gasteiger partial charge in [-0.3, -0.25) is 4.79 Å². The first kappa shape index (κ1) is 12.1. The van der Waals surface area contributed by atoms with Crippen LogP contribution in [0.3, 0.4) is 0 Å². The molecular formula is C10H14IN3O. The van der Waals surface area contributed by atoms with Gasteiger partial charge in [0.05, 0.1) is 0 Å². The molecule has 0 bridgehead atoms. The van der Waals surface area contributed by atoms with E-state index in [-0.39, 0.29) is 5.91 Å². The zero-order chi connectivity index (χ0) is 11.3. The molecule has 15 heavy (non-hydrogen) atoms. The third-order valence-corrected chi connectivity index (χ3v) is 2.83. The Labute approximate surface area is 103 Å². The fraction of sp³-hybridized carbons (Fsp3) is 0.300. The quantitative estimate of drug-likeness (QED) is 0.581. The molecule has 0 saturated carbocycles. The van der Waals surface area contributed by atoms with Crippen LogP contribution in [0.2, 0.25) is 0 Å². The monoisotopic (exact) mass is 319 g/mol. The Morgan fingerprint density at radius 2 is 2.27 bits per heavy atom. The zero-order valence-electron chi connectivity index (χ0n) is 8.51. The van der Waals surface area contributed by atoms with Crippen molar-refractivity contribution in [1.29, 1.82) is 0 Å². The summed E-state index contributed by atoms with van der Waals surface area (Å²) in [7, 11) is 1.63. The molecule has 0 spiro atoms. The third kappa shape index (κ3) is 3.94. The van der Waals surface area contributed by atoms with Gasteiger partial charge in [-0.05, 0) is 40.8 Å². The predicted octanol–water partition coefficient (Wildman–Crippen LogP) is 1.42. The number of hydrogen-bond acceptors (Lipinski definition) is 3. The fourth-order valence-corrected chi connectivity index (χ4v) is 1.84. The Morgan fingerprint density at radius 1 is 1.53 bits per heavy atom. The molecule has 0 atom stereocenters. The number of halogens is 1. The summed E-state index contributed by atoms with van der Waals surface area (Å²) in [5.74, 6) is 0.0351. The number of amides is 1. The number of anilines is 2. The number of nitrogen functional groups attached to an aromatic ring is 1. The number of nitrogens with two attached hydrogens (primary N) is 1. The molecular weight excluding hydrogens is 305 g/mol. The van der Waals surface area contributed by atoms with Gasteiger partial charge in [0.25, 0.3) is 0 Å². The van der Waals surface area contributed by atoms with Crippen LogP contribution in [0.25, 0.3) is 0 Å². The number of hydrogen-bond donors (Lipinski definition) is 3. The van der Waals surface area contributed by atoms with Crippen molar-refractivity contribution in [1.82, 2.24) is 5.32 Å². The Morgan fingerprint density at radius 3 is 2.87 bits per heavy atom. The fourth-order valence-electron chi connectivity index (χ4n) is 1.11. The van der Waals surface area contributed by atoms with Crippen LogP contribution in [0, 0.1) is 3.57 Å². The average molecular weight is 319 g/mol. The molecule has 0 saturated heterocycles. The highest BCUT2D eigenvalue weighted by atomic mass is 127. The average Bonchev–Trinajstić information content (AvgIpc) is 2.21. The molecule has 0 heterocycles. The van der Waals surface area contributed by atoms with E-state index in [0.29, 0.717) is 13.0 Å². The lowest BCUT2D eigenvalue weighted by Gasteiger charge is -2.08. The topological polar surface area (TPSA) is 67.2 Å². The number of carbonyl (C=O) groups is 1. The van der Waals surface area contributed by atoms with E-state index in [2.05, 4.69) is 33.2 Å². The summed E-state index contributed by atoms with van der Waals surface area (Å²) < 4.78 is 1.06. The van der Waals surface area contributed by atoms with Crippen LogP contribution in [0.5, 0.6) is 0 Å².